The van der Waals surface area contributed by atoms with E-state index < -0.39 is 5.97 Å². The van der Waals surface area contributed by atoms with Crippen molar-refractivity contribution in [3.63, 3.8) is 0 Å². The molecule has 7 heteroatoms. The smallest absolute Gasteiger partial charge is 0.343 e. The predicted octanol–water partition coefficient (Wildman–Crippen LogP) is 4.69. The molecule has 30 heavy (non-hydrogen) atoms. The predicted molar refractivity (Wildman–Crippen MR) is 119 cm³/mol. The molecule has 0 aromatic carbocycles. The lowest BCUT2D eigenvalue weighted by atomic mass is 10.0. The minimum Gasteiger partial charge on any atom is -0.480 e. The summed E-state index contributed by atoms with van der Waals surface area (Å²) in [5.41, 5.74) is 4.14. The summed E-state index contributed by atoms with van der Waals surface area (Å²) in [6.07, 6.45) is 5.60. The van der Waals surface area contributed by atoms with E-state index in [0.717, 1.165) is 22.5 Å². The molecular formula is C23H33N3O4. The Morgan fingerprint density at radius 1 is 1.10 bits per heavy atom. The van der Waals surface area contributed by atoms with Crippen molar-refractivity contribution < 1.29 is 19.4 Å². The van der Waals surface area contributed by atoms with Crippen LogP contribution in [0.2, 0.25) is 0 Å². The second kappa shape index (κ2) is 12.6. The van der Waals surface area contributed by atoms with Gasteiger partial charge >= 0.3 is 5.97 Å². The molecule has 7 nitrogen and oxygen atoms in total. The Hall–Kier alpha value is -2.93. The van der Waals surface area contributed by atoms with E-state index in [1.165, 1.54) is 20.6 Å². The Morgan fingerprint density at radius 3 is 2.30 bits per heavy atom. The summed E-state index contributed by atoms with van der Waals surface area (Å²) >= 11 is 0. The molecule has 3 aromatic rings. The van der Waals surface area contributed by atoms with Gasteiger partial charge in [0.2, 0.25) is 5.88 Å². The monoisotopic (exact) mass is 415 g/mol. The Kier molecular flexibility index (Phi) is 10.5. The van der Waals surface area contributed by atoms with Gasteiger partial charge in [0.25, 0.3) is 0 Å². The minimum atomic E-state index is -0.483. The molecule has 1 N–H and O–H groups in total. The average molecular weight is 416 g/mol. The molecule has 0 fully saturated rings. The van der Waals surface area contributed by atoms with E-state index in [1.54, 1.807) is 12.3 Å². The fourth-order valence-corrected chi connectivity index (χ4v) is 2.73. The van der Waals surface area contributed by atoms with Crippen LogP contribution in [0.3, 0.4) is 0 Å². The van der Waals surface area contributed by atoms with Gasteiger partial charge in [-0.2, -0.15) is 0 Å². The number of aliphatic hydroxyl groups is 1. The highest BCUT2D eigenvalue weighted by atomic mass is 16.5. The van der Waals surface area contributed by atoms with Crippen molar-refractivity contribution in [3.8, 4) is 17.1 Å². The lowest BCUT2D eigenvalue weighted by Gasteiger charge is -2.13. The van der Waals surface area contributed by atoms with Gasteiger partial charge in [0, 0.05) is 18.0 Å². The molecule has 0 radical (unpaired) electrons. The molecule has 0 bridgehead atoms. The molecule has 0 spiro atoms. The van der Waals surface area contributed by atoms with E-state index in [-0.39, 0.29) is 12.5 Å². The van der Waals surface area contributed by atoms with Gasteiger partial charge in [0.1, 0.15) is 11.2 Å². The first-order chi connectivity index (χ1) is 14.5. The first-order valence-electron chi connectivity index (χ1n) is 10.3. The number of fused-ring (bicyclic) bond motifs is 1. The average Bonchev–Trinajstić information content (AvgIpc) is 3.22. The number of hydrogen-bond acceptors (Lipinski definition) is 6. The Bertz CT molecular complexity index is 951. The minimum absolute atomic E-state index is 0.114. The number of imidazole rings is 1. The number of nitrogens with zero attached hydrogens (tertiary/aromatic N) is 3. The van der Waals surface area contributed by atoms with Crippen molar-refractivity contribution in [1.82, 2.24) is 14.4 Å². The number of ether oxygens (including phenoxy) is 2. The molecule has 164 valence electrons. The van der Waals surface area contributed by atoms with Gasteiger partial charge in [-0.1, -0.05) is 41.0 Å². The van der Waals surface area contributed by atoms with Crippen molar-refractivity contribution >= 4 is 11.6 Å². The second-order valence-electron chi connectivity index (χ2n) is 6.18. The van der Waals surface area contributed by atoms with Crippen LogP contribution in [-0.2, 0) is 17.8 Å². The molecule has 3 heterocycles. The number of methoxy groups -OCH3 is 2. The topological polar surface area (TPSA) is 86.0 Å². The normalized spacial score (nSPS) is 9.87. The van der Waals surface area contributed by atoms with Crippen molar-refractivity contribution in [2.45, 2.75) is 54.1 Å². The second-order valence-corrected chi connectivity index (χ2v) is 6.18. The Morgan fingerprint density at radius 2 is 1.77 bits per heavy atom. The van der Waals surface area contributed by atoms with E-state index in [9.17, 15) is 9.90 Å². The maximum absolute atomic E-state index is 11.9. The van der Waals surface area contributed by atoms with Gasteiger partial charge in [0.05, 0.1) is 32.2 Å². The van der Waals surface area contributed by atoms with Crippen molar-refractivity contribution in [1.29, 1.82) is 0 Å². The van der Waals surface area contributed by atoms with Crippen molar-refractivity contribution in [3.05, 3.63) is 47.4 Å². The lowest BCUT2D eigenvalue weighted by Crippen LogP contribution is -2.08. The molecule has 0 aliphatic carbocycles. The van der Waals surface area contributed by atoms with Gasteiger partial charge < -0.3 is 19.0 Å². The van der Waals surface area contributed by atoms with Crippen LogP contribution in [0.25, 0.3) is 16.9 Å². The quantitative estimate of drug-likeness (QED) is 0.609. The van der Waals surface area contributed by atoms with E-state index >= 15 is 0 Å². The van der Waals surface area contributed by atoms with Crippen LogP contribution in [0, 0.1) is 0 Å². The molecule has 3 rings (SSSR count). The summed E-state index contributed by atoms with van der Waals surface area (Å²) in [7, 11) is 2.80. The number of rotatable bonds is 5. The van der Waals surface area contributed by atoms with Gasteiger partial charge in [0.15, 0.2) is 0 Å². The standard InChI is InChI=1S/C18H19N3O4.C3H8.C2H6/c1-4-11-7-14(18(23)25-3)17(24-2)20-16(11)12-5-6-15-19-13(10-22)9-21(15)8-12;1-3-2;1-2/h5-9,22H,4,10H2,1-3H3;3H2,1-2H3;1-2H3. The van der Waals surface area contributed by atoms with E-state index in [0.29, 0.717) is 17.7 Å². The van der Waals surface area contributed by atoms with Gasteiger partial charge in [-0.3, -0.25) is 0 Å². The van der Waals surface area contributed by atoms with Gasteiger partial charge in [-0.25, -0.2) is 14.8 Å². The molecule has 0 aliphatic rings. The summed E-state index contributed by atoms with van der Waals surface area (Å²) < 4.78 is 11.9. The Labute approximate surface area is 178 Å². The third-order valence-corrected chi connectivity index (χ3v) is 3.98. The Balaban J connectivity index is 0.000000826. The molecule has 0 atom stereocenters. The van der Waals surface area contributed by atoms with Crippen LogP contribution in [0.4, 0.5) is 0 Å². The zero-order valence-electron chi connectivity index (χ0n) is 19.0. The zero-order valence-corrected chi connectivity index (χ0v) is 19.0. The number of aliphatic hydroxyl groups excluding tert-OH is 1. The fraction of sp³-hybridized carbons (Fsp3) is 0.435. The summed E-state index contributed by atoms with van der Waals surface area (Å²) in [5.74, 6) is -0.260. The molecule has 0 saturated carbocycles. The third-order valence-electron chi connectivity index (χ3n) is 3.98. The van der Waals surface area contributed by atoms with Gasteiger partial charge in [-0.05, 0) is 30.2 Å². The number of carbonyl (C=O) groups excluding carboxylic acids is 1. The highest BCUT2D eigenvalue weighted by Gasteiger charge is 2.19. The molecule has 0 saturated heterocycles. The van der Waals surface area contributed by atoms with Crippen LogP contribution in [0.1, 0.15) is 62.7 Å². The SMILES string of the molecule is CC.CCC.CCc1cc(C(=O)OC)c(OC)nc1-c1ccc2nc(CO)cn2c1. The molecule has 0 unspecified atom stereocenters. The van der Waals surface area contributed by atoms with E-state index in [2.05, 4.69) is 23.8 Å². The number of carbonyl (C=O) groups is 1. The maximum atomic E-state index is 11.9. The number of aromatic nitrogens is 3. The van der Waals surface area contributed by atoms with Crippen molar-refractivity contribution in [2.75, 3.05) is 14.2 Å². The van der Waals surface area contributed by atoms with Crippen LogP contribution in [-0.4, -0.2) is 39.7 Å². The molecular weight excluding hydrogens is 382 g/mol. The third kappa shape index (κ3) is 5.79. The van der Waals surface area contributed by atoms with Crippen LogP contribution in [0.15, 0.2) is 30.6 Å². The largest absolute Gasteiger partial charge is 0.480 e. The highest BCUT2D eigenvalue weighted by Crippen LogP contribution is 2.29. The van der Waals surface area contributed by atoms with Crippen LogP contribution < -0.4 is 4.74 Å². The van der Waals surface area contributed by atoms with E-state index in [1.807, 2.05) is 43.5 Å². The summed E-state index contributed by atoms with van der Waals surface area (Å²) in [4.78, 5) is 20.8. The van der Waals surface area contributed by atoms with Crippen molar-refractivity contribution in [2.24, 2.45) is 0 Å². The fourth-order valence-electron chi connectivity index (χ4n) is 2.73. The molecule has 0 amide bonds. The first kappa shape index (κ1) is 25.1. The van der Waals surface area contributed by atoms with Gasteiger partial charge in [-0.15, -0.1) is 0 Å². The number of pyridine rings is 2. The number of hydrogen-bond donors (Lipinski definition) is 1. The first-order valence-corrected chi connectivity index (χ1v) is 10.3. The number of aryl methyl sites for hydroxylation is 1. The molecule has 0 aliphatic heterocycles. The number of esters is 1. The maximum Gasteiger partial charge on any atom is 0.343 e. The van der Waals surface area contributed by atoms with Crippen LogP contribution in [0.5, 0.6) is 5.88 Å². The summed E-state index contributed by atoms with van der Waals surface area (Å²) in [6, 6.07) is 5.52. The molecule has 3 aromatic heterocycles. The lowest BCUT2D eigenvalue weighted by molar-refractivity contribution is 0.0596. The summed E-state index contributed by atoms with van der Waals surface area (Å²) in [5, 5.41) is 9.23. The highest BCUT2D eigenvalue weighted by molar-refractivity contribution is 5.92. The van der Waals surface area contributed by atoms with E-state index in [4.69, 9.17) is 9.47 Å². The van der Waals surface area contributed by atoms with Crippen LogP contribution >= 0.6 is 0 Å². The zero-order chi connectivity index (χ0) is 22.7. The summed E-state index contributed by atoms with van der Waals surface area (Å²) in [6.45, 7) is 10.1.